The summed E-state index contributed by atoms with van der Waals surface area (Å²) in [5.41, 5.74) is 0. The number of nitrogens with zero attached hydrogens (tertiary/aromatic N) is 1. The monoisotopic (exact) mass is 333 g/mol. The van der Waals surface area contributed by atoms with E-state index < -0.39 is 0 Å². The minimum atomic E-state index is 0.844. The van der Waals surface area contributed by atoms with Crippen molar-refractivity contribution in [1.29, 1.82) is 0 Å². The molecule has 0 aromatic heterocycles. The van der Waals surface area contributed by atoms with Crippen molar-refractivity contribution in [1.82, 2.24) is 4.90 Å². The largest absolute Gasteiger partial charge is 0.301 e. The topological polar surface area (TPSA) is 3.24 Å². The molecule has 24 heavy (non-hydrogen) atoms. The van der Waals surface area contributed by atoms with Crippen LogP contribution >= 0.6 is 0 Å². The van der Waals surface area contributed by atoms with Crippen molar-refractivity contribution in [3.63, 3.8) is 0 Å². The molecular weight excluding hydrogens is 290 g/mol. The van der Waals surface area contributed by atoms with E-state index in [1.54, 1.807) is 25.7 Å². The molecule has 140 valence electrons. The predicted octanol–water partition coefficient (Wildman–Crippen LogP) is 6.52. The maximum Gasteiger partial charge on any atom is 0.00669 e. The van der Waals surface area contributed by atoms with E-state index in [2.05, 4.69) is 25.7 Å². The Morgan fingerprint density at radius 1 is 0.875 bits per heavy atom. The number of hydrogen-bond acceptors (Lipinski definition) is 1. The highest BCUT2D eigenvalue weighted by molar-refractivity contribution is 4.93. The summed E-state index contributed by atoms with van der Waals surface area (Å²) >= 11 is 0. The fraction of sp³-hybridized carbons (Fsp3) is 1.00. The van der Waals surface area contributed by atoms with E-state index in [9.17, 15) is 0 Å². The Kier molecular flexibility index (Phi) is 7.07. The SMILES string of the molecule is CCCC(CCN1CCCCC1C)C1CCC1C(CC)C1CCC1. The second-order valence-corrected chi connectivity index (χ2v) is 9.39. The number of piperidine rings is 1. The normalized spacial score (nSPS) is 34.4. The predicted molar refractivity (Wildman–Crippen MR) is 105 cm³/mol. The van der Waals surface area contributed by atoms with Crippen LogP contribution in [0.25, 0.3) is 0 Å². The Morgan fingerprint density at radius 2 is 1.67 bits per heavy atom. The van der Waals surface area contributed by atoms with Crippen molar-refractivity contribution < 1.29 is 0 Å². The maximum atomic E-state index is 2.81. The smallest absolute Gasteiger partial charge is 0.00669 e. The summed E-state index contributed by atoms with van der Waals surface area (Å²) < 4.78 is 0. The Balaban J connectivity index is 1.54. The lowest BCUT2D eigenvalue weighted by molar-refractivity contribution is -0.00626. The van der Waals surface area contributed by atoms with E-state index in [0.29, 0.717) is 0 Å². The zero-order valence-electron chi connectivity index (χ0n) is 16.8. The van der Waals surface area contributed by atoms with E-state index in [-0.39, 0.29) is 0 Å². The number of hydrogen-bond donors (Lipinski definition) is 0. The van der Waals surface area contributed by atoms with Crippen LogP contribution in [0.15, 0.2) is 0 Å². The third-order valence-corrected chi connectivity index (χ3v) is 8.15. The van der Waals surface area contributed by atoms with Gasteiger partial charge in [0.15, 0.2) is 0 Å². The second-order valence-electron chi connectivity index (χ2n) is 9.39. The van der Waals surface area contributed by atoms with Crippen LogP contribution < -0.4 is 0 Å². The highest BCUT2D eigenvalue weighted by atomic mass is 15.2. The van der Waals surface area contributed by atoms with E-state index in [0.717, 1.165) is 35.6 Å². The Labute approximate surface area is 152 Å². The third kappa shape index (κ3) is 4.19. The average Bonchev–Trinajstić information content (AvgIpc) is 2.50. The van der Waals surface area contributed by atoms with Crippen LogP contribution in [0.1, 0.15) is 97.8 Å². The maximum absolute atomic E-state index is 2.81. The van der Waals surface area contributed by atoms with E-state index in [1.165, 1.54) is 64.5 Å². The summed E-state index contributed by atoms with van der Waals surface area (Å²) in [6.07, 6.45) is 17.9. The van der Waals surface area contributed by atoms with Gasteiger partial charge in [-0.25, -0.2) is 0 Å². The second kappa shape index (κ2) is 9.06. The zero-order chi connectivity index (χ0) is 16.9. The van der Waals surface area contributed by atoms with Gasteiger partial charge in [0.1, 0.15) is 0 Å². The van der Waals surface area contributed by atoms with Gasteiger partial charge in [-0.05, 0) is 81.7 Å². The van der Waals surface area contributed by atoms with Crippen LogP contribution in [-0.4, -0.2) is 24.0 Å². The summed E-state index contributed by atoms with van der Waals surface area (Å²) in [7, 11) is 0. The molecule has 0 aromatic rings. The molecule has 1 heterocycles. The summed E-state index contributed by atoms with van der Waals surface area (Å²) in [6, 6.07) is 0.844. The molecule has 0 N–H and O–H groups in total. The number of rotatable bonds is 9. The molecule has 3 rings (SSSR count). The molecule has 2 aliphatic carbocycles. The van der Waals surface area contributed by atoms with Crippen molar-refractivity contribution in [3.8, 4) is 0 Å². The van der Waals surface area contributed by atoms with Gasteiger partial charge in [0.25, 0.3) is 0 Å². The standard InChI is InChI=1S/C23H43N/c1-4-9-19(15-17-24-16-7-6-10-18(24)3)22-13-14-23(22)21(5-2)20-11-8-12-20/h18-23H,4-17H2,1-3H3. The third-order valence-electron chi connectivity index (χ3n) is 8.15. The summed E-state index contributed by atoms with van der Waals surface area (Å²) in [6.45, 7) is 10.1. The van der Waals surface area contributed by atoms with Crippen LogP contribution in [-0.2, 0) is 0 Å². The molecule has 1 nitrogen and oxygen atoms in total. The highest BCUT2D eigenvalue weighted by Crippen LogP contribution is 2.52. The molecular formula is C23H43N. The first-order valence-electron chi connectivity index (χ1n) is 11.5. The Morgan fingerprint density at radius 3 is 2.21 bits per heavy atom. The summed E-state index contributed by atoms with van der Waals surface area (Å²) in [4.78, 5) is 2.81. The van der Waals surface area contributed by atoms with Crippen molar-refractivity contribution in [2.24, 2.45) is 29.6 Å². The number of likely N-dealkylation sites (tertiary alicyclic amines) is 1. The van der Waals surface area contributed by atoms with E-state index in [1.807, 2.05) is 0 Å². The molecule has 2 saturated carbocycles. The molecule has 1 saturated heterocycles. The molecule has 0 spiro atoms. The molecule has 1 aliphatic heterocycles. The molecule has 5 unspecified atom stereocenters. The van der Waals surface area contributed by atoms with Gasteiger partial charge < -0.3 is 4.90 Å². The van der Waals surface area contributed by atoms with Gasteiger partial charge in [0.05, 0.1) is 0 Å². The van der Waals surface area contributed by atoms with Crippen LogP contribution in [0, 0.1) is 29.6 Å². The van der Waals surface area contributed by atoms with Crippen molar-refractivity contribution in [3.05, 3.63) is 0 Å². The zero-order valence-corrected chi connectivity index (χ0v) is 16.8. The lowest BCUT2D eigenvalue weighted by atomic mass is 9.55. The van der Waals surface area contributed by atoms with Crippen molar-refractivity contribution in [2.45, 2.75) is 104 Å². The molecule has 3 aliphatic rings. The Bertz CT molecular complexity index is 361. The van der Waals surface area contributed by atoms with Crippen LogP contribution in [0.5, 0.6) is 0 Å². The molecule has 5 atom stereocenters. The van der Waals surface area contributed by atoms with Gasteiger partial charge in [0.2, 0.25) is 0 Å². The average molecular weight is 334 g/mol. The van der Waals surface area contributed by atoms with Crippen molar-refractivity contribution >= 4 is 0 Å². The molecule has 0 bridgehead atoms. The lowest BCUT2D eigenvalue weighted by Crippen LogP contribution is -2.43. The molecule has 1 heteroatoms. The first kappa shape index (κ1) is 18.7. The Hall–Kier alpha value is -0.0400. The quantitative estimate of drug-likeness (QED) is 0.464. The van der Waals surface area contributed by atoms with Crippen LogP contribution in [0.4, 0.5) is 0 Å². The van der Waals surface area contributed by atoms with Gasteiger partial charge >= 0.3 is 0 Å². The highest BCUT2D eigenvalue weighted by Gasteiger charge is 2.43. The van der Waals surface area contributed by atoms with Gasteiger partial charge in [0, 0.05) is 6.04 Å². The lowest BCUT2D eigenvalue weighted by Gasteiger charge is -2.50. The van der Waals surface area contributed by atoms with Gasteiger partial charge in [-0.2, -0.15) is 0 Å². The van der Waals surface area contributed by atoms with Gasteiger partial charge in [-0.1, -0.05) is 58.8 Å². The fourth-order valence-electron chi connectivity index (χ4n) is 6.29. The first-order chi connectivity index (χ1) is 11.7. The molecule has 0 radical (unpaired) electrons. The molecule has 0 aromatic carbocycles. The summed E-state index contributed by atoms with van der Waals surface area (Å²) in [5.74, 6) is 5.38. The van der Waals surface area contributed by atoms with Crippen LogP contribution in [0.3, 0.4) is 0 Å². The minimum absolute atomic E-state index is 0.844. The van der Waals surface area contributed by atoms with Gasteiger partial charge in [-0.3, -0.25) is 0 Å². The van der Waals surface area contributed by atoms with E-state index in [4.69, 9.17) is 0 Å². The van der Waals surface area contributed by atoms with Crippen LogP contribution in [0.2, 0.25) is 0 Å². The van der Waals surface area contributed by atoms with Gasteiger partial charge in [-0.15, -0.1) is 0 Å². The molecule has 3 fully saturated rings. The fourth-order valence-corrected chi connectivity index (χ4v) is 6.29. The van der Waals surface area contributed by atoms with E-state index >= 15 is 0 Å². The first-order valence-corrected chi connectivity index (χ1v) is 11.5. The summed E-state index contributed by atoms with van der Waals surface area (Å²) in [5, 5.41) is 0. The van der Waals surface area contributed by atoms with Crippen molar-refractivity contribution in [2.75, 3.05) is 13.1 Å². The minimum Gasteiger partial charge on any atom is -0.301 e. The molecule has 0 amide bonds.